The molecule has 0 atom stereocenters. The van der Waals surface area contributed by atoms with Gasteiger partial charge in [-0.2, -0.15) is 19.5 Å². The van der Waals surface area contributed by atoms with Crippen LogP contribution >= 0.6 is 0 Å². The monoisotopic (exact) mass is 447 g/mol. The molecule has 4 N–H and O–H groups in total. The van der Waals surface area contributed by atoms with E-state index in [0.29, 0.717) is 36.3 Å². The van der Waals surface area contributed by atoms with E-state index in [0.717, 1.165) is 37.3 Å². The second-order valence-corrected chi connectivity index (χ2v) is 7.90. The number of carbonyl (C=O) groups excluding carboxylic acids is 1. The van der Waals surface area contributed by atoms with E-state index in [1.807, 2.05) is 24.3 Å². The highest BCUT2D eigenvalue weighted by Crippen LogP contribution is 2.18. The summed E-state index contributed by atoms with van der Waals surface area (Å²) < 4.78 is 6.70. The number of nitrogens with two attached hydrogens (primary N) is 1. The third kappa shape index (κ3) is 4.93. The maximum Gasteiger partial charge on any atom is 0.259 e. The number of furan rings is 1. The summed E-state index contributed by atoms with van der Waals surface area (Å²) in [5.74, 6) is 1.87. The molecule has 1 aliphatic rings. The average molecular weight is 448 g/mol. The highest BCUT2D eigenvalue weighted by Gasteiger charge is 2.15. The van der Waals surface area contributed by atoms with Crippen LogP contribution in [0.1, 0.15) is 18.4 Å². The molecule has 1 fully saturated rings. The molecule has 11 nitrogen and oxygen atoms in total. The number of anilines is 3. The fraction of sp³-hybridized carbons (Fsp3) is 0.318. The Bertz CT molecular complexity index is 1230. The topological polar surface area (TPSA) is 139 Å². The van der Waals surface area contributed by atoms with Crippen LogP contribution in [-0.2, 0) is 11.2 Å². The first-order valence-electron chi connectivity index (χ1n) is 10.9. The zero-order chi connectivity index (χ0) is 22.6. The quantitative estimate of drug-likeness (QED) is 0.352. The Labute approximate surface area is 190 Å². The second kappa shape index (κ2) is 9.25. The fourth-order valence-electron chi connectivity index (χ4n) is 3.56. The Kier molecular flexibility index (Phi) is 5.85. The van der Waals surface area contributed by atoms with Gasteiger partial charge in [-0.25, -0.2) is 0 Å². The van der Waals surface area contributed by atoms with Crippen LogP contribution < -0.4 is 16.4 Å². The zero-order valence-electron chi connectivity index (χ0n) is 18.1. The molecular weight excluding hydrogens is 422 g/mol. The standard InChI is InChI=1S/C22H25N9O2/c23-20-27-21(28-22-26-19(29-31(20)22)17-3-1-14-33-17)24-10-8-15-4-6-16(7-5-15)25-18(32)9-13-30-11-2-12-30/h1,3-7,14H,2,8-13H2,(H,25,32)(H3,23,24,26,27,28,29). The van der Waals surface area contributed by atoms with Gasteiger partial charge in [0.05, 0.1) is 6.26 Å². The van der Waals surface area contributed by atoms with E-state index < -0.39 is 0 Å². The SMILES string of the molecule is Nc1nc(NCCc2ccc(NC(=O)CCN3CCC3)cc2)nc2nc(-c3ccco3)nn12. The first-order valence-corrected chi connectivity index (χ1v) is 10.9. The number of nitrogens with one attached hydrogen (secondary N) is 2. The summed E-state index contributed by atoms with van der Waals surface area (Å²) in [5, 5.41) is 10.4. The first kappa shape index (κ1) is 20.9. The number of amides is 1. The van der Waals surface area contributed by atoms with E-state index >= 15 is 0 Å². The van der Waals surface area contributed by atoms with Gasteiger partial charge in [0.1, 0.15) is 0 Å². The molecule has 33 heavy (non-hydrogen) atoms. The van der Waals surface area contributed by atoms with E-state index in [4.69, 9.17) is 10.2 Å². The predicted molar refractivity (Wildman–Crippen MR) is 124 cm³/mol. The van der Waals surface area contributed by atoms with Gasteiger partial charge in [-0.1, -0.05) is 12.1 Å². The largest absolute Gasteiger partial charge is 0.461 e. The van der Waals surface area contributed by atoms with Crippen LogP contribution in [0.2, 0.25) is 0 Å². The number of nitrogen functional groups attached to an aromatic ring is 1. The number of aromatic nitrogens is 5. The number of hydrogen-bond acceptors (Lipinski definition) is 9. The van der Waals surface area contributed by atoms with Crippen molar-refractivity contribution in [2.24, 2.45) is 0 Å². The van der Waals surface area contributed by atoms with Gasteiger partial charge in [0.15, 0.2) is 5.76 Å². The third-order valence-electron chi connectivity index (χ3n) is 5.51. The molecule has 0 aliphatic carbocycles. The predicted octanol–water partition coefficient (Wildman–Crippen LogP) is 2.05. The number of carbonyl (C=O) groups is 1. The van der Waals surface area contributed by atoms with Crippen molar-refractivity contribution in [1.82, 2.24) is 29.5 Å². The van der Waals surface area contributed by atoms with Crippen LogP contribution in [0, 0.1) is 0 Å². The third-order valence-corrected chi connectivity index (χ3v) is 5.51. The van der Waals surface area contributed by atoms with Crippen molar-refractivity contribution in [3.8, 4) is 11.6 Å². The summed E-state index contributed by atoms with van der Waals surface area (Å²) in [5.41, 5.74) is 7.94. The molecule has 0 unspecified atom stereocenters. The van der Waals surface area contributed by atoms with Crippen LogP contribution in [0.15, 0.2) is 47.1 Å². The highest BCUT2D eigenvalue weighted by molar-refractivity contribution is 5.90. The summed E-state index contributed by atoms with van der Waals surface area (Å²) in [6.45, 7) is 3.64. The van der Waals surface area contributed by atoms with Gasteiger partial charge in [0.25, 0.3) is 5.78 Å². The van der Waals surface area contributed by atoms with E-state index in [1.54, 1.807) is 18.4 Å². The number of hydrogen-bond donors (Lipinski definition) is 3. The van der Waals surface area contributed by atoms with Gasteiger partial charge >= 0.3 is 0 Å². The molecule has 0 radical (unpaired) electrons. The molecule has 0 spiro atoms. The summed E-state index contributed by atoms with van der Waals surface area (Å²) >= 11 is 0. The second-order valence-electron chi connectivity index (χ2n) is 7.90. The Hall–Kier alpha value is -3.99. The lowest BCUT2D eigenvalue weighted by Crippen LogP contribution is -2.38. The van der Waals surface area contributed by atoms with Crippen LogP contribution in [0.3, 0.4) is 0 Å². The minimum Gasteiger partial charge on any atom is -0.461 e. The average Bonchev–Trinajstić information content (AvgIpc) is 3.44. The molecular formula is C22H25N9O2. The minimum atomic E-state index is 0.0464. The molecule has 0 bridgehead atoms. The van der Waals surface area contributed by atoms with Crippen LogP contribution in [-0.4, -0.2) is 61.6 Å². The van der Waals surface area contributed by atoms with Crippen LogP contribution in [0.25, 0.3) is 17.4 Å². The molecule has 1 aromatic carbocycles. The molecule has 1 aliphatic heterocycles. The molecule has 0 saturated carbocycles. The smallest absolute Gasteiger partial charge is 0.259 e. The molecule has 3 aromatic heterocycles. The van der Waals surface area contributed by atoms with Crippen LogP contribution in [0.4, 0.5) is 17.6 Å². The van der Waals surface area contributed by atoms with Gasteiger partial charge in [0, 0.05) is 25.2 Å². The van der Waals surface area contributed by atoms with Crippen molar-refractivity contribution >= 4 is 29.3 Å². The maximum atomic E-state index is 12.1. The fourth-order valence-corrected chi connectivity index (χ4v) is 3.56. The number of nitrogens with zero attached hydrogens (tertiary/aromatic N) is 6. The van der Waals surface area contributed by atoms with Gasteiger partial charge in [-0.3, -0.25) is 4.79 Å². The van der Waals surface area contributed by atoms with Crippen molar-refractivity contribution in [3.63, 3.8) is 0 Å². The molecule has 5 rings (SSSR count). The van der Waals surface area contributed by atoms with E-state index in [1.165, 1.54) is 10.9 Å². The number of benzene rings is 1. The summed E-state index contributed by atoms with van der Waals surface area (Å²) in [4.78, 5) is 27.3. The number of likely N-dealkylation sites (tertiary alicyclic amines) is 1. The summed E-state index contributed by atoms with van der Waals surface area (Å²) in [6, 6.07) is 11.4. The molecule has 4 aromatic rings. The van der Waals surface area contributed by atoms with Crippen molar-refractivity contribution < 1.29 is 9.21 Å². The van der Waals surface area contributed by atoms with E-state index in [2.05, 4.69) is 35.6 Å². The summed E-state index contributed by atoms with van der Waals surface area (Å²) in [7, 11) is 0. The lowest BCUT2D eigenvalue weighted by Gasteiger charge is -2.30. The molecule has 170 valence electrons. The Morgan fingerprint density at radius 2 is 1.97 bits per heavy atom. The van der Waals surface area contributed by atoms with Gasteiger partial charge in [-0.05, 0) is 55.8 Å². The Morgan fingerprint density at radius 1 is 1.12 bits per heavy atom. The van der Waals surface area contributed by atoms with E-state index in [9.17, 15) is 4.79 Å². The lowest BCUT2D eigenvalue weighted by atomic mass is 10.1. The number of rotatable bonds is 9. The molecule has 4 heterocycles. The molecule has 1 amide bonds. The van der Waals surface area contributed by atoms with Crippen molar-refractivity contribution in [1.29, 1.82) is 0 Å². The van der Waals surface area contributed by atoms with Gasteiger partial charge in [0.2, 0.25) is 23.6 Å². The van der Waals surface area contributed by atoms with Crippen LogP contribution in [0.5, 0.6) is 0 Å². The molecule has 11 heteroatoms. The van der Waals surface area contributed by atoms with Crippen molar-refractivity contribution in [2.45, 2.75) is 19.3 Å². The minimum absolute atomic E-state index is 0.0464. The van der Waals surface area contributed by atoms with Crippen molar-refractivity contribution in [3.05, 3.63) is 48.2 Å². The number of fused-ring (bicyclic) bond motifs is 1. The summed E-state index contributed by atoms with van der Waals surface area (Å²) in [6.07, 6.45) is 4.06. The lowest BCUT2D eigenvalue weighted by molar-refractivity contribution is -0.116. The normalized spacial score (nSPS) is 13.7. The Balaban J connectivity index is 1.13. The first-order chi connectivity index (χ1) is 16.1. The van der Waals surface area contributed by atoms with Gasteiger partial charge in [-0.15, -0.1) is 5.10 Å². The highest BCUT2D eigenvalue weighted by atomic mass is 16.3. The van der Waals surface area contributed by atoms with Gasteiger partial charge < -0.3 is 25.7 Å². The van der Waals surface area contributed by atoms with E-state index in [-0.39, 0.29) is 11.9 Å². The Morgan fingerprint density at radius 3 is 2.70 bits per heavy atom. The zero-order valence-corrected chi connectivity index (χ0v) is 18.1. The molecule has 1 saturated heterocycles. The maximum absolute atomic E-state index is 12.1. The van der Waals surface area contributed by atoms with Crippen molar-refractivity contribution in [2.75, 3.05) is 42.5 Å².